The number of nitrogens with zero attached hydrogens (tertiary/aromatic N) is 1. The molecule has 0 aromatic heterocycles. The van der Waals surface area contributed by atoms with Crippen LogP contribution in [-0.4, -0.2) is 42.6 Å². The van der Waals surface area contributed by atoms with Gasteiger partial charge in [0.2, 0.25) is 5.91 Å². The van der Waals surface area contributed by atoms with Crippen LogP contribution >= 0.6 is 0 Å². The summed E-state index contributed by atoms with van der Waals surface area (Å²) in [6, 6.07) is -0.395. The van der Waals surface area contributed by atoms with Crippen LogP contribution in [0.4, 0.5) is 0 Å². The Kier molecular flexibility index (Phi) is 4.54. The number of hydrogen-bond acceptors (Lipinski definition) is 3. The zero-order valence-corrected chi connectivity index (χ0v) is 9.90. The van der Waals surface area contributed by atoms with Crippen molar-refractivity contribution in [3.05, 3.63) is 0 Å². The van der Waals surface area contributed by atoms with Gasteiger partial charge < -0.3 is 15.4 Å². The number of hydrogen-bond donors (Lipinski definition) is 1. The summed E-state index contributed by atoms with van der Waals surface area (Å²) in [6.07, 6.45) is 1.14. The second kappa shape index (κ2) is 5.47. The second-order valence-electron chi connectivity index (χ2n) is 4.71. The molecule has 1 heterocycles. The standard InChI is InChI=1S/C11H22N2O2/c1-8(2)7-15-10-4-5-13(6-10)11(14)9(3)12/h8-10H,4-7,12H2,1-3H3/t9-,10?/m0/s1. The molecule has 1 aliphatic rings. The number of rotatable bonds is 4. The first-order valence-corrected chi connectivity index (χ1v) is 5.66. The molecule has 0 radical (unpaired) electrons. The van der Waals surface area contributed by atoms with Gasteiger partial charge in [-0.25, -0.2) is 0 Å². The first-order valence-electron chi connectivity index (χ1n) is 5.66. The van der Waals surface area contributed by atoms with Gasteiger partial charge in [0.15, 0.2) is 0 Å². The van der Waals surface area contributed by atoms with Crippen LogP contribution in [0.1, 0.15) is 27.2 Å². The third kappa shape index (κ3) is 3.80. The lowest BCUT2D eigenvalue weighted by atomic mass is 10.2. The second-order valence-corrected chi connectivity index (χ2v) is 4.71. The number of carbonyl (C=O) groups excluding carboxylic acids is 1. The highest BCUT2D eigenvalue weighted by atomic mass is 16.5. The van der Waals surface area contributed by atoms with Crippen molar-refractivity contribution in [3.63, 3.8) is 0 Å². The molecule has 1 fully saturated rings. The Morgan fingerprint density at radius 1 is 1.53 bits per heavy atom. The Morgan fingerprint density at radius 3 is 2.73 bits per heavy atom. The van der Waals surface area contributed by atoms with E-state index >= 15 is 0 Å². The van der Waals surface area contributed by atoms with E-state index in [-0.39, 0.29) is 12.0 Å². The normalized spacial score (nSPS) is 23.5. The van der Waals surface area contributed by atoms with Gasteiger partial charge in [0, 0.05) is 19.7 Å². The van der Waals surface area contributed by atoms with E-state index in [0.717, 1.165) is 19.6 Å². The Morgan fingerprint density at radius 2 is 2.20 bits per heavy atom. The Hall–Kier alpha value is -0.610. The fraction of sp³-hybridized carbons (Fsp3) is 0.909. The van der Waals surface area contributed by atoms with Crippen molar-refractivity contribution in [3.8, 4) is 0 Å². The van der Waals surface area contributed by atoms with Crippen LogP contribution in [0.15, 0.2) is 0 Å². The maximum atomic E-state index is 11.6. The molecule has 4 heteroatoms. The molecular weight excluding hydrogens is 192 g/mol. The van der Waals surface area contributed by atoms with Gasteiger partial charge >= 0.3 is 0 Å². The molecule has 0 bridgehead atoms. The summed E-state index contributed by atoms with van der Waals surface area (Å²) in [6.45, 7) is 8.23. The van der Waals surface area contributed by atoms with Gasteiger partial charge in [-0.2, -0.15) is 0 Å². The fourth-order valence-electron chi connectivity index (χ4n) is 1.68. The highest BCUT2D eigenvalue weighted by Crippen LogP contribution is 2.14. The molecule has 1 aliphatic heterocycles. The van der Waals surface area contributed by atoms with E-state index in [1.807, 2.05) is 0 Å². The van der Waals surface area contributed by atoms with Crippen molar-refractivity contribution in [1.29, 1.82) is 0 Å². The van der Waals surface area contributed by atoms with Crippen molar-refractivity contribution in [2.75, 3.05) is 19.7 Å². The molecule has 0 saturated carbocycles. The number of amides is 1. The van der Waals surface area contributed by atoms with Crippen molar-refractivity contribution in [2.45, 2.75) is 39.3 Å². The summed E-state index contributed by atoms with van der Waals surface area (Å²) in [5, 5.41) is 0. The third-order valence-corrected chi connectivity index (χ3v) is 2.51. The number of ether oxygens (including phenoxy) is 1. The molecule has 0 aromatic rings. The monoisotopic (exact) mass is 214 g/mol. The van der Waals surface area contributed by atoms with Crippen molar-refractivity contribution >= 4 is 5.91 Å². The molecule has 2 atom stereocenters. The molecule has 0 spiro atoms. The van der Waals surface area contributed by atoms with E-state index in [9.17, 15) is 4.79 Å². The zero-order valence-electron chi connectivity index (χ0n) is 9.90. The van der Waals surface area contributed by atoms with E-state index in [1.54, 1.807) is 11.8 Å². The van der Waals surface area contributed by atoms with Gasteiger partial charge in [-0.05, 0) is 19.3 Å². The van der Waals surface area contributed by atoms with E-state index in [1.165, 1.54) is 0 Å². The minimum Gasteiger partial charge on any atom is -0.376 e. The van der Waals surface area contributed by atoms with Crippen molar-refractivity contribution < 1.29 is 9.53 Å². The lowest BCUT2D eigenvalue weighted by Crippen LogP contribution is -2.41. The summed E-state index contributed by atoms with van der Waals surface area (Å²) >= 11 is 0. The van der Waals surface area contributed by atoms with E-state index in [4.69, 9.17) is 10.5 Å². The molecule has 0 aliphatic carbocycles. The van der Waals surface area contributed by atoms with Crippen LogP contribution in [-0.2, 0) is 9.53 Å². The van der Waals surface area contributed by atoms with Gasteiger partial charge in [0.05, 0.1) is 12.1 Å². The minimum absolute atomic E-state index is 0.0330. The Balaban J connectivity index is 2.29. The van der Waals surface area contributed by atoms with Crippen LogP contribution in [0.5, 0.6) is 0 Å². The largest absolute Gasteiger partial charge is 0.376 e. The SMILES string of the molecule is CC(C)COC1CCN(C(=O)[C@H](C)N)C1. The number of likely N-dealkylation sites (tertiary alicyclic amines) is 1. The van der Waals surface area contributed by atoms with Crippen LogP contribution < -0.4 is 5.73 Å². The first-order chi connectivity index (χ1) is 7.00. The first kappa shape index (κ1) is 12.5. The summed E-state index contributed by atoms with van der Waals surface area (Å²) < 4.78 is 5.69. The average Bonchev–Trinajstić information content (AvgIpc) is 2.61. The minimum atomic E-state index is -0.395. The van der Waals surface area contributed by atoms with E-state index in [2.05, 4.69) is 13.8 Å². The molecule has 15 heavy (non-hydrogen) atoms. The van der Waals surface area contributed by atoms with Gasteiger partial charge in [0.25, 0.3) is 0 Å². The maximum Gasteiger partial charge on any atom is 0.239 e. The molecule has 1 unspecified atom stereocenters. The van der Waals surface area contributed by atoms with Gasteiger partial charge in [-0.3, -0.25) is 4.79 Å². The summed E-state index contributed by atoms with van der Waals surface area (Å²) in [5.74, 6) is 0.578. The quantitative estimate of drug-likeness (QED) is 0.746. The maximum absolute atomic E-state index is 11.6. The van der Waals surface area contributed by atoms with Crippen molar-refractivity contribution in [1.82, 2.24) is 4.90 Å². The third-order valence-electron chi connectivity index (χ3n) is 2.51. The van der Waals surface area contributed by atoms with Crippen LogP contribution in [0, 0.1) is 5.92 Å². The molecule has 1 amide bonds. The molecule has 4 nitrogen and oxygen atoms in total. The molecular formula is C11H22N2O2. The molecule has 1 saturated heterocycles. The molecule has 88 valence electrons. The summed E-state index contributed by atoms with van der Waals surface area (Å²) in [7, 11) is 0. The average molecular weight is 214 g/mol. The molecule has 2 N–H and O–H groups in total. The van der Waals surface area contributed by atoms with Crippen LogP contribution in [0.3, 0.4) is 0 Å². The van der Waals surface area contributed by atoms with E-state index in [0.29, 0.717) is 12.5 Å². The van der Waals surface area contributed by atoms with Crippen LogP contribution in [0.25, 0.3) is 0 Å². The highest BCUT2D eigenvalue weighted by molar-refractivity contribution is 5.81. The zero-order chi connectivity index (χ0) is 11.4. The predicted octanol–water partition coefficient (Wildman–Crippen LogP) is 0.607. The Labute approximate surface area is 91.8 Å². The predicted molar refractivity (Wildman–Crippen MR) is 59.4 cm³/mol. The topological polar surface area (TPSA) is 55.6 Å². The van der Waals surface area contributed by atoms with Gasteiger partial charge in [-0.1, -0.05) is 13.8 Å². The lowest BCUT2D eigenvalue weighted by molar-refractivity contribution is -0.131. The Bertz CT molecular complexity index is 217. The van der Waals surface area contributed by atoms with Crippen LogP contribution in [0.2, 0.25) is 0 Å². The summed E-state index contributed by atoms with van der Waals surface area (Å²) in [4.78, 5) is 13.4. The van der Waals surface area contributed by atoms with Crippen molar-refractivity contribution in [2.24, 2.45) is 11.7 Å². The smallest absolute Gasteiger partial charge is 0.239 e. The fourth-order valence-corrected chi connectivity index (χ4v) is 1.68. The lowest BCUT2D eigenvalue weighted by Gasteiger charge is -2.19. The highest BCUT2D eigenvalue weighted by Gasteiger charge is 2.28. The summed E-state index contributed by atoms with van der Waals surface area (Å²) in [5.41, 5.74) is 5.55. The number of nitrogens with two attached hydrogens (primary N) is 1. The van der Waals surface area contributed by atoms with Gasteiger partial charge in [0.1, 0.15) is 0 Å². The van der Waals surface area contributed by atoms with E-state index < -0.39 is 6.04 Å². The molecule has 1 rings (SSSR count). The van der Waals surface area contributed by atoms with Gasteiger partial charge in [-0.15, -0.1) is 0 Å². The number of carbonyl (C=O) groups is 1. The molecule has 0 aromatic carbocycles.